The van der Waals surface area contributed by atoms with Crippen molar-refractivity contribution < 1.29 is 31.9 Å². The number of hydrogen-bond donors (Lipinski definition) is 2. The van der Waals surface area contributed by atoms with Crippen molar-refractivity contribution in [1.29, 1.82) is 0 Å². The van der Waals surface area contributed by atoms with Crippen LogP contribution in [0.5, 0.6) is 5.75 Å². The lowest BCUT2D eigenvalue weighted by Gasteiger charge is -2.33. The number of amides is 1. The molecular formula is C25H23F5N2O2. The molecule has 0 radical (unpaired) electrons. The molecule has 34 heavy (non-hydrogen) atoms. The predicted octanol–water partition coefficient (Wildman–Crippen LogP) is 6.11. The van der Waals surface area contributed by atoms with Crippen molar-refractivity contribution in [1.82, 2.24) is 10.3 Å². The molecule has 3 rings (SSSR count). The number of hydrogen-bond acceptors (Lipinski definition) is 3. The van der Waals surface area contributed by atoms with Gasteiger partial charge < -0.3 is 10.4 Å². The van der Waals surface area contributed by atoms with E-state index in [0.717, 1.165) is 0 Å². The van der Waals surface area contributed by atoms with Gasteiger partial charge in [-0.2, -0.15) is 0 Å². The first-order valence-corrected chi connectivity index (χ1v) is 10.3. The highest BCUT2D eigenvalue weighted by atomic mass is 19.2. The molecule has 2 N–H and O–H groups in total. The number of aromatic hydroxyl groups is 1. The summed E-state index contributed by atoms with van der Waals surface area (Å²) >= 11 is 0. The van der Waals surface area contributed by atoms with Gasteiger partial charge in [-0.25, -0.2) is 26.9 Å². The molecule has 9 heteroatoms. The average Bonchev–Trinajstić information content (AvgIpc) is 2.75. The number of phenols is 1. The van der Waals surface area contributed by atoms with Gasteiger partial charge in [-0.3, -0.25) is 4.79 Å². The first-order chi connectivity index (χ1) is 15.7. The first kappa shape index (κ1) is 25.1. The van der Waals surface area contributed by atoms with Crippen LogP contribution in [-0.4, -0.2) is 16.0 Å². The van der Waals surface area contributed by atoms with Crippen LogP contribution in [0.15, 0.2) is 36.4 Å². The number of pyridine rings is 1. The van der Waals surface area contributed by atoms with E-state index in [1.807, 2.05) is 20.8 Å². The molecule has 1 amide bonds. The minimum Gasteiger partial charge on any atom is -0.507 e. The Morgan fingerprint density at radius 1 is 0.824 bits per heavy atom. The van der Waals surface area contributed by atoms with Crippen LogP contribution in [0, 0.1) is 29.1 Å². The fourth-order valence-corrected chi connectivity index (χ4v) is 3.59. The van der Waals surface area contributed by atoms with Crippen LogP contribution in [0.25, 0.3) is 11.3 Å². The Hall–Kier alpha value is -3.49. The van der Waals surface area contributed by atoms with E-state index >= 15 is 0 Å². The van der Waals surface area contributed by atoms with Gasteiger partial charge in [-0.1, -0.05) is 39.0 Å². The van der Waals surface area contributed by atoms with Gasteiger partial charge in [0.1, 0.15) is 11.3 Å². The lowest BCUT2D eigenvalue weighted by atomic mass is 9.80. The lowest BCUT2D eigenvalue weighted by Crippen LogP contribution is -2.44. The summed E-state index contributed by atoms with van der Waals surface area (Å²) in [6, 6.07) is 9.88. The quantitative estimate of drug-likeness (QED) is 0.270. The molecule has 1 heterocycles. The number of nitrogens with one attached hydrogen (secondary N) is 1. The van der Waals surface area contributed by atoms with E-state index in [1.54, 1.807) is 30.3 Å². The lowest BCUT2D eigenvalue weighted by molar-refractivity contribution is 0.0897. The van der Waals surface area contributed by atoms with E-state index in [4.69, 9.17) is 0 Å². The van der Waals surface area contributed by atoms with Crippen molar-refractivity contribution in [2.45, 2.75) is 45.6 Å². The molecule has 180 valence electrons. The van der Waals surface area contributed by atoms with Crippen LogP contribution in [0.4, 0.5) is 22.0 Å². The number of rotatable bonds is 4. The zero-order valence-electron chi connectivity index (χ0n) is 19.2. The highest BCUT2D eigenvalue weighted by Gasteiger charge is 2.36. The van der Waals surface area contributed by atoms with Crippen molar-refractivity contribution in [3.8, 4) is 17.0 Å². The number of benzene rings is 2. The maximum atomic E-state index is 14.2. The summed E-state index contributed by atoms with van der Waals surface area (Å²) < 4.78 is 69.1. The smallest absolute Gasteiger partial charge is 0.258 e. The van der Waals surface area contributed by atoms with Gasteiger partial charge in [-0.15, -0.1) is 0 Å². The molecule has 1 aromatic heterocycles. The van der Waals surface area contributed by atoms with Gasteiger partial charge in [0.2, 0.25) is 5.82 Å². The van der Waals surface area contributed by atoms with E-state index in [-0.39, 0.29) is 11.4 Å². The fourth-order valence-electron chi connectivity index (χ4n) is 3.59. The zero-order chi connectivity index (χ0) is 25.6. The second-order valence-electron chi connectivity index (χ2n) is 9.38. The van der Waals surface area contributed by atoms with Crippen molar-refractivity contribution in [3.05, 3.63) is 82.3 Å². The maximum Gasteiger partial charge on any atom is 0.258 e. The topological polar surface area (TPSA) is 62.2 Å². The van der Waals surface area contributed by atoms with Gasteiger partial charge in [0, 0.05) is 5.56 Å². The summed E-state index contributed by atoms with van der Waals surface area (Å²) in [5, 5.41) is 12.6. The Bertz CT molecular complexity index is 1250. The van der Waals surface area contributed by atoms with Crippen LogP contribution in [0.2, 0.25) is 0 Å². The summed E-state index contributed by atoms with van der Waals surface area (Å²) in [7, 11) is 0. The molecule has 2 aromatic carbocycles. The van der Waals surface area contributed by atoms with Crippen molar-refractivity contribution in [3.63, 3.8) is 0 Å². The first-order valence-electron chi connectivity index (χ1n) is 10.3. The van der Waals surface area contributed by atoms with Crippen LogP contribution in [-0.2, 0) is 11.0 Å². The number of para-hydroxylation sites is 1. The highest BCUT2D eigenvalue weighted by molar-refractivity contribution is 5.95. The Kier molecular flexibility index (Phi) is 6.43. The molecular weight excluding hydrogens is 455 g/mol. The normalized spacial score (nSPS) is 12.1. The summed E-state index contributed by atoms with van der Waals surface area (Å²) in [6.07, 6.45) is 0. The molecule has 0 atom stereocenters. The number of halogens is 5. The number of nitrogens with zero attached hydrogens (tertiary/aromatic N) is 1. The molecule has 0 unspecified atom stereocenters. The minimum atomic E-state index is -2.35. The van der Waals surface area contributed by atoms with E-state index in [1.165, 1.54) is 19.9 Å². The third kappa shape index (κ3) is 4.47. The number of aromatic nitrogens is 1. The van der Waals surface area contributed by atoms with Crippen LogP contribution in [0.1, 0.15) is 56.2 Å². The number of carbonyl (C=O) groups excluding carboxylic acids is 1. The molecule has 0 fully saturated rings. The standard InChI is InChI=1S/C25H23F5N2O2/c1-24(2,3)13-10-11-14(12-8-6-7-9-15(12)33)31-22(13)25(4,5)32-23(34)16-17(26)19(28)21(30)20(29)18(16)27/h6-11,33H,1-5H3,(H,32,34). The second-order valence-corrected chi connectivity index (χ2v) is 9.38. The second kappa shape index (κ2) is 8.70. The maximum absolute atomic E-state index is 14.2. The highest BCUT2D eigenvalue weighted by Crippen LogP contribution is 2.36. The number of phenolic OH excluding ortho intramolecular Hbond substituents is 1. The third-order valence-corrected chi connectivity index (χ3v) is 5.34. The monoisotopic (exact) mass is 478 g/mol. The zero-order valence-corrected chi connectivity index (χ0v) is 19.2. The number of carbonyl (C=O) groups is 1. The van der Waals surface area contributed by atoms with Crippen molar-refractivity contribution in [2.75, 3.05) is 0 Å². The predicted molar refractivity (Wildman–Crippen MR) is 117 cm³/mol. The van der Waals surface area contributed by atoms with Gasteiger partial charge in [0.15, 0.2) is 23.3 Å². The van der Waals surface area contributed by atoms with Gasteiger partial charge >= 0.3 is 0 Å². The third-order valence-electron chi connectivity index (χ3n) is 5.34. The van der Waals surface area contributed by atoms with Gasteiger partial charge in [0.25, 0.3) is 5.91 Å². The van der Waals surface area contributed by atoms with E-state index in [9.17, 15) is 31.9 Å². The van der Waals surface area contributed by atoms with Crippen LogP contribution < -0.4 is 5.32 Å². The summed E-state index contributed by atoms with van der Waals surface area (Å²) in [4.78, 5) is 17.4. The largest absolute Gasteiger partial charge is 0.507 e. The molecule has 3 aromatic rings. The summed E-state index contributed by atoms with van der Waals surface area (Å²) in [6.45, 7) is 8.63. The molecule has 4 nitrogen and oxygen atoms in total. The van der Waals surface area contributed by atoms with Gasteiger partial charge in [0.05, 0.1) is 16.9 Å². The molecule has 0 aliphatic rings. The molecule has 0 aliphatic heterocycles. The molecule has 0 bridgehead atoms. The van der Waals surface area contributed by atoms with Crippen LogP contribution >= 0.6 is 0 Å². The molecule has 0 spiro atoms. The Labute approximate surface area is 193 Å². The van der Waals surface area contributed by atoms with Crippen molar-refractivity contribution >= 4 is 5.91 Å². The van der Waals surface area contributed by atoms with E-state index < -0.39 is 51.5 Å². The van der Waals surface area contributed by atoms with E-state index in [2.05, 4.69) is 10.3 Å². The SMILES string of the molecule is CC(C)(C)c1ccc(-c2ccccc2O)nc1C(C)(C)NC(=O)c1c(F)c(F)c(F)c(F)c1F. The summed E-state index contributed by atoms with van der Waals surface area (Å²) in [5.74, 6) is -12.7. The molecule has 0 aliphatic carbocycles. The molecule has 0 saturated heterocycles. The summed E-state index contributed by atoms with van der Waals surface area (Å²) in [5.41, 5.74) is -1.77. The minimum absolute atomic E-state index is 0.0345. The van der Waals surface area contributed by atoms with E-state index in [0.29, 0.717) is 16.8 Å². The Morgan fingerprint density at radius 3 is 1.88 bits per heavy atom. The fraction of sp³-hybridized carbons (Fsp3) is 0.280. The van der Waals surface area contributed by atoms with Gasteiger partial charge in [-0.05, 0) is 43.0 Å². The van der Waals surface area contributed by atoms with Crippen molar-refractivity contribution in [2.24, 2.45) is 0 Å². The average molecular weight is 478 g/mol. The Balaban J connectivity index is 2.14. The van der Waals surface area contributed by atoms with Crippen LogP contribution in [0.3, 0.4) is 0 Å². The molecule has 0 saturated carbocycles. The Morgan fingerprint density at radius 2 is 1.35 bits per heavy atom.